The van der Waals surface area contributed by atoms with Crippen LogP contribution in [0, 0.1) is 5.92 Å². The van der Waals surface area contributed by atoms with Crippen molar-refractivity contribution >= 4 is 0 Å². The van der Waals surface area contributed by atoms with Crippen LogP contribution in [-0.4, -0.2) is 27.6 Å². The maximum Gasteiger partial charge on any atom is 0.345 e. The first-order valence-corrected chi connectivity index (χ1v) is 6.43. The quantitative estimate of drug-likeness (QED) is 0.725. The fourth-order valence-corrected chi connectivity index (χ4v) is 2.30. The van der Waals surface area contributed by atoms with Crippen molar-refractivity contribution in [1.82, 2.24) is 14.3 Å². The summed E-state index contributed by atoms with van der Waals surface area (Å²) in [6, 6.07) is 0. The Labute approximate surface area is 101 Å². The zero-order valence-corrected chi connectivity index (χ0v) is 10.5. The molecule has 0 unspecified atom stereocenters. The van der Waals surface area contributed by atoms with Gasteiger partial charge in [-0.2, -0.15) is 5.10 Å². The predicted octanol–water partition coefficient (Wildman–Crippen LogP) is 1.18. The van der Waals surface area contributed by atoms with Crippen molar-refractivity contribution in [2.24, 2.45) is 13.0 Å². The minimum Gasteiger partial charge on any atom is -0.381 e. The van der Waals surface area contributed by atoms with Crippen LogP contribution in [0.3, 0.4) is 0 Å². The number of unbranched alkanes of at least 4 members (excludes halogenated alkanes) is 1. The molecule has 1 aromatic heterocycles. The van der Waals surface area contributed by atoms with Gasteiger partial charge >= 0.3 is 5.69 Å². The van der Waals surface area contributed by atoms with E-state index >= 15 is 0 Å². The lowest BCUT2D eigenvalue weighted by Gasteiger charge is -2.21. The Kier molecular flexibility index (Phi) is 4.36. The second-order valence-corrected chi connectivity index (χ2v) is 4.80. The zero-order valence-electron chi connectivity index (χ0n) is 10.5. The van der Waals surface area contributed by atoms with Crippen LogP contribution in [0.25, 0.3) is 0 Å². The summed E-state index contributed by atoms with van der Waals surface area (Å²) in [5, 5.41) is 4.05. The first-order valence-electron chi connectivity index (χ1n) is 6.43. The lowest BCUT2D eigenvalue weighted by molar-refractivity contribution is 0.0630. The van der Waals surface area contributed by atoms with Gasteiger partial charge in [-0.15, -0.1) is 0 Å². The molecule has 1 aliphatic rings. The van der Waals surface area contributed by atoms with E-state index in [0.29, 0.717) is 0 Å². The number of aryl methyl sites for hydroxylation is 2. The van der Waals surface area contributed by atoms with E-state index < -0.39 is 0 Å². The van der Waals surface area contributed by atoms with E-state index in [-0.39, 0.29) is 5.69 Å². The van der Waals surface area contributed by atoms with Crippen LogP contribution in [0.2, 0.25) is 0 Å². The minimum absolute atomic E-state index is 0.0175. The molecule has 0 atom stereocenters. The monoisotopic (exact) mass is 239 g/mol. The van der Waals surface area contributed by atoms with Crippen molar-refractivity contribution in [3.05, 3.63) is 16.8 Å². The molecule has 0 radical (unpaired) electrons. The molecule has 2 heterocycles. The van der Waals surface area contributed by atoms with Crippen molar-refractivity contribution < 1.29 is 4.74 Å². The Balaban J connectivity index is 1.66. The molecule has 1 saturated heterocycles. The molecular weight excluding hydrogens is 218 g/mol. The first-order chi connectivity index (χ1) is 8.27. The maximum atomic E-state index is 11.5. The molecule has 1 aliphatic heterocycles. The fourth-order valence-electron chi connectivity index (χ4n) is 2.30. The third kappa shape index (κ3) is 3.43. The van der Waals surface area contributed by atoms with Gasteiger partial charge in [0, 0.05) is 26.8 Å². The van der Waals surface area contributed by atoms with Crippen LogP contribution < -0.4 is 5.69 Å². The maximum absolute atomic E-state index is 11.5. The Morgan fingerprint density at radius 2 is 2.18 bits per heavy atom. The van der Waals surface area contributed by atoms with Crippen molar-refractivity contribution in [3.63, 3.8) is 0 Å². The van der Waals surface area contributed by atoms with Gasteiger partial charge in [0.15, 0.2) is 0 Å². The van der Waals surface area contributed by atoms with Crippen molar-refractivity contribution in [2.75, 3.05) is 13.2 Å². The third-order valence-corrected chi connectivity index (χ3v) is 3.46. The molecule has 0 amide bonds. The van der Waals surface area contributed by atoms with Crippen LogP contribution in [0.1, 0.15) is 32.1 Å². The van der Waals surface area contributed by atoms with E-state index in [9.17, 15) is 4.79 Å². The normalized spacial score (nSPS) is 17.5. The zero-order chi connectivity index (χ0) is 12.1. The third-order valence-electron chi connectivity index (χ3n) is 3.46. The molecular formula is C12H21N3O2. The van der Waals surface area contributed by atoms with Gasteiger partial charge < -0.3 is 4.74 Å². The number of ether oxygens (including phenoxy) is 1. The molecule has 2 rings (SSSR count). The summed E-state index contributed by atoms with van der Waals surface area (Å²) in [5.74, 6) is 0.823. The number of hydrogen-bond acceptors (Lipinski definition) is 3. The van der Waals surface area contributed by atoms with Crippen LogP contribution in [-0.2, 0) is 18.3 Å². The second-order valence-electron chi connectivity index (χ2n) is 4.80. The molecule has 5 heteroatoms. The molecule has 96 valence electrons. The van der Waals surface area contributed by atoms with Gasteiger partial charge in [0.1, 0.15) is 6.33 Å². The van der Waals surface area contributed by atoms with Gasteiger partial charge in [0.05, 0.1) is 0 Å². The SMILES string of the molecule is Cn1cnn(CCCCC2CCOCC2)c1=O. The highest BCUT2D eigenvalue weighted by atomic mass is 16.5. The molecule has 5 nitrogen and oxygen atoms in total. The summed E-state index contributed by atoms with van der Waals surface area (Å²) in [7, 11) is 1.73. The van der Waals surface area contributed by atoms with E-state index in [1.54, 1.807) is 18.1 Å². The van der Waals surface area contributed by atoms with Crippen LogP contribution in [0.4, 0.5) is 0 Å². The standard InChI is InChI=1S/C12H21N3O2/c1-14-10-13-15(12(14)16)7-3-2-4-11-5-8-17-9-6-11/h10-11H,2-9H2,1H3. The largest absolute Gasteiger partial charge is 0.381 e. The van der Waals surface area contributed by atoms with Crippen molar-refractivity contribution in [3.8, 4) is 0 Å². The van der Waals surface area contributed by atoms with E-state index in [4.69, 9.17) is 4.74 Å². The van der Waals surface area contributed by atoms with Crippen molar-refractivity contribution in [1.29, 1.82) is 0 Å². The molecule has 0 aromatic carbocycles. The molecule has 1 aromatic rings. The number of hydrogen-bond donors (Lipinski definition) is 0. The lowest BCUT2D eigenvalue weighted by atomic mass is 9.94. The van der Waals surface area contributed by atoms with E-state index in [2.05, 4.69) is 5.10 Å². The summed E-state index contributed by atoms with van der Waals surface area (Å²) in [4.78, 5) is 11.5. The number of aromatic nitrogens is 3. The molecule has 0 spiro atoms. The minimum atomic E-state index is -0.0175. The summed E-state index contributed by atoms with van der Waals surface area (Å²) in [6.07, 6.45) is 7.43. The highest BCUT2D eigenvalue weighted by Gasteiger charge is 2.13. The van der Waals surface area contributed by atoms with Gasteiger partial charge in [-0.1, -0.05) is 12.8 Å². The summed E-state index contributed by atoms with van der Waals surface area (Å²) < 4.78 is 8.39. The average Bonchev–Trinajstić information content (AvgIpc) is 2.67. The van der Waals surface area contributed by atoms with Crippen LogP contribution in [0.5, 0.6) is 0 Å². The Morgan fingerprint density at radius 3 is 2.82 bits per heavy atom. The highest BCUT2D eigenvalue weighted by molar-refractivity contribution is 4.66. The lowest BCUT2D eigenvalue weighted by Crippen LogP contribution is -2.23. The summed E-state index contributed by atoms with van der Waals surface area (Å²) >= 11 is 0. The Hall–Kier alpha value is -1.10. The van der Waals surface area contributed by atoms with E-state index in [1.807, 2.05) is 0 Å². The molecule has 0 aliphatic carbocycles. The van der Waals surface area contributed by atoms with Crippen molar-refractivity contribution in [2.45, 2.75) is 38.6 Å². The van der Waals surface area contributed by atoms with Gasteiger partial charge in [-0.25, -0.2) is 9.48 Å². The number of rotatable bonds is 5. The smallest absolute Gasteiger partial charge is 0.345 e. The summed E-state index contributed by atoms with van der Waals surface area (Å²) in [6.45, 7) is 2.58. The molecule has 1 fully saturated rings. The van der Waals surface area contributed by atoms with Gasteiger partial charge in [-0.05, 0) is 25.2 Å². The fraction of sp³-hybridized carbons (Fsp3) is 0.833. The molecule has 17 heavy (non-hydrogen) atoms. The van der Waals surface area contributed by atoms with Gasteiger partial charge in [0.25, 0.3) is 0 Å². The highest BCUT2D eigenvalue weighted by Crippen LogP contribution is 2.20. The first kappa shape index (κ1) is 12.4. The molecule has 0 N–H and O–H groups in total. The Bertz CT molecular complexity index is 391. The topological polar surface area (TPSA) is 49.0 Å². The second kappa shape index (κ2) is 6.00. The molecule has 0 bridgehead atoms. The predicted molar refractivity (Wildman–Crippen MR) is 64.9 cm³/mol. The van der Waals surface area contributed by atoms with E-state index in [0.717, 1.165) is 32.1 Å². The average molecular weight is 239 g/mol. The van der Waals surface area contributed by atoms with Gasteiger partial charge in [0.2, 0.25) is 0 Å². The Morgan fingerprint density at radius 1 is 1.41 bits per heavy atom. The number of nitrogens with zero attached hydrogens (tertiary/aromatic N) is 3. The van der Waals surface area contributed by atoms with Crippen LogP contribution in [0.15, 0.2) is 11.1 Å². The molecule has 0 saturated carbocycles. The van der Waals surface area contributed by atoms with E-state index in [1.165, 1.54) is 30.3 Å². The van der Waals surface area contributed by atoms with Gasteiger partial charge in [-0.3, -0.25) is 4.57 Å². The van der Waals surface area contributed by atoms with Crippen LogP contribution >= 0.6 is 0 Å². The summed E-state index contributed by atoms with van der Waals surface area (Å²) in [5.41, 5.74) is -0.0175.